The molecular weight excluding hydrogens is 342 g/mol. The van der Waals surface area contributed by atoms with E-state index in [1.165, 1.54) is 39.0 Å². The fraction of sp³-hybridized carbons (Fsp3) is 0.318. The van der Waals surface area contributed by atoms with Crippen LogP contribution in [0.25, 0.3) is 5.57 Å². The molecule has 0 aliphatic carbocycles. The van der Waals surface area contributed by atoms with E-state index < -0.39 is 5.97 Å². The number of carbonyl (C=O) groups is 1. The molecule has 0 atom stereocenters. The van der Waals surface area contributed by atoms with E-state index in [9.17, 15) is 4.79 Å². The first-order valence-electron chi connectivity index (χ1n) is 9.10. The number of hydrogen-bond donors (Lipinski definition) is 0. The van der Waals surface area contributed by atoms with Crippen LogP contribution in [-0.4, -0.2) is 33.3 Å². The lowest BCUT2D eigenvalue weighted by atomic mass is 10.0. The van der Waals surface area contributed by atoms with Crippen LogP contribution >= 0.6 is 0 Å². The van der Waals surface area contributed by atoms with E-state index in [-0.39, 0.29) is 0 Å². The summed E-state index contributed by atoms with van der Waals surface area (Å²) in [7, 11) is 2.86. The molecule has 1 heterocycles. The minimum absolute atomic E-state index is 0.345. The van der Waals surface area contributed by atoms with Gasteiger partial charge in [0.25, 0.3) is 0 Å². The van der Waals surface area contributed by atoms with Crippen molar-refractivity contribution >= 4 is 17.2 Å². The monoisotopic (exact) mass is 367 g/mol. The van der Waals surface area contributed by atoms with Crippen LogP contribution in [0.1, 0.15) is 24.0 Å². The molecule has 1 aliphatic heterocycles. The number of esters is 1. The van der Waals surface area contributed by atoms with Crippen molar-refractivity contribution in [3.8, 4) is 5.75 Å². The predicted octanol–water partition coefficient (Wildman–Crippen LogP) is 4.03. The topological polar surface area (TPSA) is 48.0 Å². The van der Waals surface area contributed by atoms with E-state index in [4.69, 9.17) is 14.2 Å². The summed E-state index contributed by atoms with van der Waals surface area (Å²) in [6.45, 7) is 2.53. The number of ether oxygens (including phenoxy) is 3. The lowest BCUT2D eigenvalue weighted by Crippen LogP contribution is -2.17. The Morgan fingerprint density at radius 2 is 1.85 bits per heavy atom. The third kappa shape index (κ3) is 4.61. The number of nitrogens with zero attached hydrogens (tertiary/aromatic N) is 1. The zero-order chi connectivity index (χ0) is 19.1. The van der Waals surface area contributed by atoms with Gasteiger partial charge in [-0.2, -0.15) is 0 Å². The number of hydrogen-bond acceptors (Lipinski definition) is 5. The molecule has 0 bridgehead atoms. The van der Waals surface area contributed by atoms with Gasteiger partial charge in [0.15, 0.2) is 0 Å². The Balaban J connectivity index is 1.78. The molecule has 2 aromatic rings. The maximum atomic E-state index is 12.1. The number of anilines is 1. The summed E-state index contributed by atoms with van der Waals surface area (Å²) in [5.41, 5.74) is 3.18. The molecule has 142 valence electrons. The Hall–Kier alpha value is -2.95. The SMILES string of the molecule is COC=C(C(=O)OC)c1ccccc1COc1cccc(N2CCCC2)c1. The van der Waals surface area contributed by atoms with E-state index >= 15 is 0 Å². The average Bonchev–Trinajstić information content (AvgIpc) is 3.25. The van der Waals surface area contributed by atoms with Crippen molar-refractivity contribution in [2.45, 2.75) is 19.4 Å². The first-order chi connectivity index (χ1) is 13.2. The Labute approximate surface area is 160 Å². The van der Waals surface area contributed by atoms with Crippen LogP contribution in [0.2, 0.25) is 0 Å². The van der Waals surface area contributed by atoms with Crippen molar-refractivity contribution in [2.24, 2.45) is 0 Å². The Morgan fingerprint density at radius 3 is 2.59 bits per heavy atom. The van der Waals surface area contributed by atoms with Crippen molar-refractivity contribution < 1.29 is 19.0 Å². The van der Waals surface area contributed by atoms with E-state index in [1.54, 1.807) is 0 Å². The summed E-state index contributed by atoms with van der Waals surface area (Å²) in [5.74, 6) is 0.366. The predicted molar refractivity (Wildman–Crippen MR) is 106 cm³/mol. The summed E-state index contributed by atoms with van der Waals surface area (Å²) in [6.07, 6.45) is 3.87. The molecule has 0 unspecified atom stereocenters. The molecule has 0 radical (unpaired) electrons. The quantitative estimate of drug-likeness (QED) is 0.420. The fourth-order valence-electron chi connectivity index (χ4n) is 3.26. The summed E-state index contributed by atoms with van der Waals surface area (Å²) in [4.78, 5) is 14.5. The van der Waals surface area contributed by atoms with Gasteiger partial charge in [-0.25, -0.2) is 4.79 Å². The second kappa shape index (κ2) is 9.12. The molecule has 0 amide bonds. The lowest BCUT2D eigenvalue weighted by molar-refractivity contribution is -0.133. The standard InChI is InChI=1S/C22H25NO4/c1-25-16-21(22(24)26-2)20-11-4-3-8-17(20)15-27-19-10-7-9-18(14-19)23-12-5-6-13-23/h3-4,7-11,14,16H,5-6,12-13,15H2,1-2H3. The molecule has 1 saturated heterocycles. The van der Waals surface area contributed by atoms with Crippen LogP contribution in [0.3, 0.4) is 0 Å². The van der Waals surface area contributed by atoms with Crippen LogP contribution in [0.4, 0.5) is 5.69 Å². The molecule has 0 aromatic heterocycles. The van der Waals surface area contributed by atoms with Crippen molar-refractivity contribution in [1.29, 1.82) is 0 Å². The summed E-state index contributed by atoms with van der Waals surface area (Å²) in [5, 5.41) is 0. The van der Waals surface area contributed by atoms with Gasteiger partial charge >= 0.3 is 5.97 Å². The normalized spacial score (nSPS) is 14.1. The van der Waals surface area contributed by atoms with E-state index in [0.29, 0.717) is 12.2 Å². The van der Waals surface area contributed by atoms with Crippen molar-refractivity contribution in [3.05, 3.63) is 65.9 Å². The molecule has 5 nitrogen and oxygen atoms in total. The largest absolute Gasteiger partial charge is 0.503 e. The van der Waals surface area contributed by atoms with Crippen molar-refractivity contribution in [1.82, 2.24) is 0 Å². The number of benzene rings is 2. The average molecular weight is 367 g/mol. The summed E-state index contributed by atoms with van der Waals surface area (Å²) in [6, 6.07) is 15.7. The molecule has 2 aromatic carbocycles. The minimum Gasteiger partial charge on any atom is -0.503 e. The van der Waals surface area contributed by atoms with Gasteiger partial charge in [-0.15, -0.1) is 0 Å². The first kappa shape index (κ1) is 18.8. The van der Waals surface area contributed by atoms with E-state index in [0.717, 1.165) is 30.0 Å². The van der Waals surface area contributed by atoms with Crippen molar-refractivity contribution in [2.75, 3.05) is 32.2 Å². The van der Waals surface area contributed by atoms with Crippen LogP contribution in [0, 0.1) is 0 Å². The van der Waals surface area contributed by atoms with Gasteiger partial charge in [0.2, 0.25) is 0 Å². The second-order valence-electron chi connectivity index (χ2n) is 6.40. The van der Waals surface area contributed by atoms with Gasteiger partial charge < -0.3 is 19.1 Å². The van der Waals surface area contributed by atoms with Crippen LogP contribution < -0.4 is 9.64 Å². The zero-order valence-corrected chi connectivity index (χ0v) is 15.8. The van der Waals surface area contributed by atoms with Gasteiger partial charge in [0.1, 0.15) is 17.9 Å². The molecule has 5 heteroatoms. The minimum atomic E-state index is -0.444. The van der Waals surface area contributed by atoms with Gasteiger partial charge in [-0.3, -0.25) is 0 Å². The zero-order valence-electron chi connectivity index (χ0n) is 15.8. The van der Waals surface area contributed by atoms with Gasteiger partial charge in [0, 0.05) is 24.8 Å². The van der Waals surface area contributed by atoms with E-state index in [1.807, 2.05) is 36.4 Å². The highest BCUT2D eigenvalue weighted by Gasteiger charge is 2.17. The summed E-state index contributed by atoms with van der Waals surface area (Å²) < 4.78 is 16.0. The van der Waals surface area contributed by atoms with Crippen LogP contribution in [0.15, 0.2) is 54.8 Å². The molecule has 0 N–H and O–H groups in total. The maximum Gasteiger partial charge on any atom is 0.341 e. The Bertz CT molecular complexity index is 809. The number of methoxy groups -OCH3 is 2. The highest BCUT2D eigenvalue weighted by Crippen LogP contribution is 2.26. The number of rotatable bonds is 7. The lowest BCUT2D eigenvalue weighted by Gasteiger charge is -2.18. The second-order valence-corrected chi connectivity index (χ2v) is 6.40. The third-order valence-corrected chi connectivity index (χ3v) is 4.63. The Morgan fingerprint density at radius 1 is 1.07 bits per heavy atom. The highest BCUT2D eigenvalue weighted by atomic mass is 16.5. The molecular formula is C22H25NO4. The molecule has 1 fully saturated rings. The Kier molecular flexibility index (Phi) is 6.36. The van der Waals surface area contributed by atoms with E-state index in [2.05, 4.69) is 17.0 Å². The molecule has 0 saturated carbocycles. The molecule has 3 rings (SSSR count). The fourth-order valence-corrected chi connectivity index (χ4v) is 3.26. The van der Waals surface area contributed by atoms with Crippen molar-refractivity contribution in [3.63, 3.8) is 0 Å². The highest BCUT2D eigenvalue weighted by molar-refractivity contribution is 6.16. The number of carbonyl (C=O) groups excluding carboxylic acids is 1. The maximum absolute atomic E-state index is 12.1. The molecule has 27 heavy (non-hydrogen) atoms. The van der Waals surface area contributed by atoms with Crippen LogP contribution in [-0.2, 0) is 20.9 Å². The molecule has 1 aliphatic rings. The van der Waals surface area contributed by atoms with Gasteiger partial charge in [-0.05, 0) is 36.1 Å². The first-order valence-corrected chi connectivity index (χ1v) is 9.10. The van der Waals surface area contributed by atoms with Gasteiger partial charge in [0.05, 0.1) is 20.5 Å². The van der Waals surface area contributed by atoms with Crippen LogP contribution in [0.5, 0.6) is 5.75 Å². The molecule has 0 spiro atoms. The van der Waals surface area contributed by atoms with Gasteiger partial charge in [-0.1, -0.05) is 30.3 Å². The summed E-state index contributed by atoms with van der Waals surface area (Å²) >= 11 is 0. The smallest absolute Gasteiger partial charge is 0.341 e. The third-order valence-electron chi connectivity index (χ3n) is 4.63.